The Labute approximate surface area is 231 Å². The number of halogens is 3. The van der Waals surface area contributed by atoms with E-state index in [1.807, 2.05) is 0 Å². The zero-order valence-electron chi connectivity index (χ0n) is 22.1. The molecular formula is C26H31ClF2N6O3Si. The Morgan fingerprint density at radius 3 is 2.64 bits per heavy atom. The number of aromatic nitrogens is 4. The van der Waals surface area contributed by atoms with Gasteiger partial charge in [0.2, 0.25) is 5.91 Å². The van der Waals surface area contributed by atoms with Gasteiger partial charge in [-0.3, -0.25) is 9.69 Å². The molecule has 1 amide bonds. The summed E-state index contributed by atoms with van der Waals surface area (Å²) in [6.45, 7) is 7.83. The third-order valence-corrected chi connectivity index (χ3v) is 8.63. The largest absolute Gasteiger partial charge is 0.411 e. The summed E-state index contributed by atoms with van der Waals surface area (Å²) in [6.07, 6.45) is 5.28. The van der Waals surface area contributed by atoms with Crippen molar-refractivity contribution in [3.05, 3.63) is 58.4 Å². The second-order valence-corrected chi connectivity index (χ2v) is 16.7. The molecule has 2 aromatic heterocycles. The van der Waals surface area contributed by atoms with E-state index < -0.39 is 30.6 Å². The van der Waals surface area contributed by atoms with Crippen LogP contribution in [-0.4, -0.2) is 58.5 Å². The SMILES string of the molecule is C[Si](C)(C)CCOCn1nc(-c2ccnnc2)c(CC=NO)c1N1CCC(Cc2cc(F)c(Cl)c(F)c2)C1=O. The summed E-state index contributed by atoms with van der Waals surface area (Å²) >= 11 is 5.62. The molecule has 0 spiro atoms. The topological polar surface area (TPSA) is 106 Å². The molecule has 0 bridgehead atoms. The highest BCUT2D eigenvalue weighted by Crippen LogP contribution is 2.36. The van der Waals surface area contributed by atoms with Crippen LogP contribution >= 0.6 is 11.6 Å². The van der Waals surface area contributed by atoms with Crippen LogP contribution in [0.4, 0.5) is 14.6 Å². The van der Waals surface area contributed by atoms with Gasteiger partial charge in [-0.1, -0.05) is 31.2 Å². The molecule has 0 aliphatic carbocycles. The first-order chi connectivity index (χ1) is 18.6. The number of carbonyl (C=O) groups is 1. The Morgan fingerprint density at radius 2 is 2.00 bits per heavy atom. The number of anilines is 1. The fraction of sp³-hybridized carbons (Fsp3) is 0.423. The van der Waals surface area contributed by atoms with Gasteiger partial charge in [-0.05, 0) is 42.6 Å². The van der Waals surface area contributed by atoms with E-state index in [1.54, 1.807) is 28.0 Å². The van der Waals surface area contributed by atoms with Crippen molar-refractivity contribution in [1.29, 1.82) is 0 Å². The molecule has 4 rings (SSSR count). The molecule has 1 unspecified atom stereocenters. The monoisotopic (exact) mass is 576 g/mol. The zero-order valence-corrected chi connectivity index (χ0v) is 23.8. The molecule has 3 aromatic rings. The predicted molar refractivity (Wildman–Crippen MR) is 147 cm³/mol. The number of hydrogen-bond donors (Lipinski definition) is 1. The highest BCUT2D eigenvalue weighted by molar-refractivity contribution is 6.76. The highest BCUT2D eigenvalue weighted by Gasteiger charge is 2.37. The van der Waals surface area contributed by atoms with E-state index in [2.05, 4.69) is 35.0 Å². The molecule has 0 saturated carbocycles. The van der Waals surface area contributed by atoms with Crippen LogP contribution in [0.1, 0.15) is 17.5 Å². The zero-order chi connectivity index (χ0) is 28.2. The van der Waals surface area contributed by atoms with E-state index in [9.17, 15) is 18.8 Å². The molecule has 1 aromatic carbocycles. The van der Waals surface area contributed by atoms with Crippen molar-refractivity contribution in [2.24, 2.45) is 11.1 Å². The summed E-state index contributed by atoms with van der Waals surface area (Å²) in [5.74, 6) is -1.88. The number of oxime groups is 1. The molecule has 208 valence electrons. The lowest BCUT2D eigenvalue weighted by Gasteiger charge is -2.21. The van der Waals surface area contributed by atoms with Gasteiger partial charge in [-0.25, -0.2) is 13.5 Å². The van der Waals surface area contributed by atoms with Crippen molar-refractivity contribution in [3.8, 4) is 11.3 Å². The number of benzene rings is 1. The van der Waals surface area contributed by atoms with Crippen molar-refractivity contribution in [2.75, 3.05) is 18.1 Å². The molecule has 9 nitrogen and oxygen atoms in total. The third kappa shape index (κ3) is 6.86. The fourth-order valence-corrected chi connectivity index (χ4v) is 5.41. The summed E-state index contributed by atoms with van der Waals surface area (Å²) in [5.41, 5.74) is 2.26. The lowest BCUT2D eigenvalue weighted by molar-refractivity contribution is -0.120. The number of ether oxygens (including phenoxy) is 1. The van der Waals surface area contributed by atoms with E-state index in [4.69, 9.17) is 21.4 Å². The maximum atomic E-state index is 14.0. The molecule has 1 aliphatic rings. The third-order valence-electron chi connectivity index (χ3n) is 6.56. The Hall–Kier alpha value is -3.22. The number of rotatable bonds is 11. The first kappa shape index (κ1) is 28.8. The van der Waals surface area contributed by atoms with Gasteiger partial charge in [0, 0.05) is 50.9 Å². The molecular weight excluding hydrogens is 546 g/mol. The van der Waals surface area contributed by atoms with Gasteiger partial charge in [-0.15, -0.1) is 5.16 Å². The van der Waals surface area contributed by atoms with E-state index in [0.717, 1.165) is 18.2 Å². The van der Waals surface area contributed by atoms with Crippen molar-refractivity contribution in [2.45, 2.75) is 51.7 Å². The van der Waals surface area contributed by atoms with Crippen LogP contribution in [0.5, 0.6) is 0 Å². The van der Waals surface area contributed by atoms with Crippen molar-refractivity contribution in [3.63, 3.8) is 0 Å². The second-order valence-electron chi connectivity index (χ2n) is 10.7. The van der Waals surface area contributed by atoms with E-state index >= 15 is 0 Å². The van der Waals surface area contributed by atoms with Crippen LogP contribution in [0.3, 0.4) is 0 Å². The molecule has 0 radical (unpaired) electrons. The van der Waals surface area contributed by atoms with Gasteiger partial charge in [0.25, 0.3) is 0 Å². The molecule has 1 N–H and O–H groups in total. The van der Waals surface area contributed by atoms with Crippen LogP contribution in [0, 0.1) is 17.6 Å². The Bertz CT molecular complexity index is 1330. The Morgan fingerprint density at radius 1 is 1.26 bits per heavy atom. The molecule has 1 fully saturated rings. The molecule has 39 heavy (non-hydrogen) atoms. The van der Waals surface area contributed by atoms with Crippen molar-refractivity contribution in [1.82, 2.24) is 20.0 Å². The fourth-order valence-electron chi connectivity index (χ4n) is 4.54. The first-order valence-corrected chi connectivity index (χ1v) is 16.7. The smallest absolute Gasteiger partial charge is 0.231 e. The van der Waals surface area contributed by atoms with Gasteiger partial charge in [0.1, 0.15) is 29.2 Å². The van der Waals surface area contributed by atoms with Crippen LogP contribution in [0.2, 0.25) is 30.7 Å². The quantitative estimate of drug-likeness (QED) is 0.0842. The standard InChI is InChI=1S/C26H31ClF2N6O3Si/c1-39(2,3)11-10-38-16-35-25(20(5-8-32-37)24(33-35)19-4-7-30-31-15-19)34-9-6-18(26(34)36)12-17-13-21(28)23(27)22(29)14-17/h4,7-8,13-15,18,37H,5-6,9-12,16H2,1-3H3. The van der Waals surface area contributed by atoms with Crippen LogP contribution in [-0.2, 0) is 29.1 Å². The van der Waals surface area contributed by atoms with E-state index in [1.165, 1.54) is 6.21 Å². The van der Waals surface area contributed by atoms with Gasteiger partial charge in [0.15, 0.2) is 0 Å². The molecule has 1 atom stereocenters. The number of carbonyl (C=O) groups excluding carboxylic acids is 1. The summed E-state index contributed by atoms with van der Waals surface area (Å²) in [7, 11) is -1.32. The molecule has 1 saturated heterocycles. The highest BCUT2D eigenvalue weighted by atomic mass is 35.5. The minimum atomic E-state index is -1.32. The van der Waals surface area contributed by atoms with Crippen LogP contribution in [0.25, 0.3) is 11.3 Å². The summed E-state index contributed by atoms with van der Waals surface area (Å²) in [5, 5.41) is 24.3. The van der Waals surface area contributed by atoms with Crippen LogP contribution in [0.15, 0.2) is 35.7 Å². The lowest BCUT2D eigenvalue weighted by Crippen LogP contribution is -2.31. The van der Waals surface area contributed by atoms with E-state index in [0.29, 0.717) is 47.8 Å². The minimum absolute atomic E-state index is 0.115. The molecule has 13 heteroatoms. The normalized spacial score (nSPS) is 16.1. The summed E-state index contributed by atoms with van der Waals surface area (Å²) in [6, 6.07) is 5.05. The predicted octanol–water partition coefficient (Wildman–Crippen LogP) is 5.18. The first-order valence-electron chi connectivity index (χ1n) is 12.6. The van der Waals surface area contributed by atoms with Crippen LogP contribution < -0.4 is 4.90 Å². The maximum absolute atomic E-state index is 14.0. The van der Waals surface area contributed by atoms with Crippen molar-refractivity contribution >= 4 is 37.6 Å². The average Bonchev–Trinajstić information content (AvgIpc) is 3.43. The molecule has 3 heterocycles. The van der Waals surface area contributed by atoms with E-state index in [-0.39, 0.29) is 25.5 Å². The number of hydrogen-bond acceptors (Lipinski definition) is 7. The number of nitrogens with zero attached hydrogens (tertiary/aromatic N) is 6. The van der Waals surface area contributed by atoms with Gasteiger partial charge < -0.3 is 9.94 Å². The van der Waals surface area contributed by atoms with Gasteiger partial charge >= 0.3 is 0 Å². The minimum Gasteiger partial charge on any atom is -0.411 e. The lowest BCUT2D eigenvalue weighted by atomic mass is 9.98. The second kappa shape index (κ2) is 12.3. The molecule has 1 aliphatic heterocycles. The summed E-state index contributed by atoms with van der Waals surface area (Å²) in [4.78, 5) is 15.3. The number of amides is 1. The summed E-state index contributed by atoms with van der Waals surface area (Å²) < 4.78 is 35.7. The van der Waals surface area contributed by atoms with Crippen molar-refractivity contribution < 1.29 is 23.5 Å². The maximum Gasteiger partial charge on any atom is 0.231 e. The van der Waals surface area contributed by atoms with Gasteiger partial charge in [0.05, 0.1) is 18.1 Å². The average molecular weight is 577 g/mol. The Balaban J connectivity index is 1.68. The van der Waals surface area contributed by atoms with Gasteiger partial charge in [-0.2, -0.15) is 15.3 Å². The Kier molecular flexibility index (Phi) is 9.08.